The van der Waals surface area contributed by atoms with Crippen LogP contribution in [0, 0.1) is 0 Å². The molecule has 1 atom stereocenters. The molecule has 0 fully saturated rings. The molecule has 31 heavy (non-hydrogen) atoms. The molecular weight excluding hydrogens is 376 g/mol. The lowest BCUT2D eigenvalue weighted by atomic mass is 10.0. The molecule has 0 spiro atoms. The molecule has 2 nitrogen and oxygen atoms in total. The van der Waals surface area contributed by atoms with Gasteiger partial charge in [0, 0.05) is 25.5 Å². The minimum Gasteiger partial charge on any atom is -0.356 e. The molecule has 0 N–H and O–H groups in total. The number of unbranched alkanes of at least 4 members (excludes halogenated alkanes) is 13. The summed E-state index contributed by atoms with van der Waals surface area (Å²) in [5.74, 6) is 0. The first-order valence-corrected chi connectivity index (χ1v) is 13.6. The van der Waals surface area contributed by atoms with Gasteiger partial charge in [-0.1, -0.05) is 128 Å². The maximum atomic E-state index is 2.61. The number of rotatable bonds is 19. The quantitative estimate of drug-likeness (QED) is 0.204. The van der Waals surface area contributed by atoms with Crippen molar-refractivity contribution in [3.63, 3.8) is 0 Å². The van der Waals surface area contributed by atoms with Gasteiger partial charge < -0.3 is 9.80 Å². The minimum absolute atomic E-state index is 0.556. The van der Waals surface area contributed by atoms with Gasteiger partial charge in [-0.2, -0.15) is 0 Å². The lowest BCUT2D eigenvalue weighted by Crippen LogP contribution is -2.38. The van der Waals surface area contributed by atoms with Crippen molar-refractivity contribution in [3.8, 4) is 0 Å². The molecule has 0 amide bonds. The third kappa shape index (κ3) is 11.1. The molecule has 0 saturated heterocycles. The summed E-state index contributed by atoms with van der Waals surface area (Å²) in [4.78, 5) is 5.18. The molecule has 1 heterocycles. The summed E-state index contributed by atoms with van der Waals surface area (Å²) >= 11 is 0. The number of nitrogens with zero attached hydrogens (tertiary/aromatic N) is 2. The molecule has 1 unspecified atom stereocenters. The van der Waals surface area contributed by atoms with Crippen LogP contribution < -0.4 is 0 Å². The van der Waals surface area contributed by atoms with Crippen molar-refractivity contribution in [2.45, 2.75) is 129 Å². The second-order valence-electron chi connectivity index (χ2n) is 9.56. The van der Waals surface area contributed by atoms with Crippen LogP contribution in [-0.2, 0) is 6.54 Å². The van der Waals surface area contributed by atoms with E-state index >= 15 is 0 Å². The van der Waals surface area contributed by atoms with Crippen LogP contribution in [-0.4, -0.2) is 22.5 Å². The molecule has 0 aliphatic carbocycles. The number of benzene rings is 1. The van der Waals surface area contributed by atoms with E-state index in [1.807, 2.05) is 0 Å². The van der Waals surface area contributed by atoms with Gasteiger partial charge in [0.2, 0.25) is 0 Å². The molecule has 0 bridgehead atoms. The first-order chi connectivity index (χ1) is 15.3. The van der Waals surface area contributed by atoms with Gasteiger partial charge in [0.05, 0.1) is 0 Å². The fourth-order valence-electron chi connectivity index (χ4n) is 4.78. The Labute approximate surface area is 194 Å². The summed E-state index contributed by atoms with van der Waals surface area (Å²) in [6.07, 6.45) is 27.6. The number of hydrogen-bond donors (Lipinski definition) is 0. The summed E-state index contributed by atoms with van der Waals surface area (Å²) in [6.45, 7) is 6.84. The summed E-state index contributed by atoms with van der Waals surface area (Å²) in [6, 6.07) is 11.0. The van der Waals surface area contributed by atoms with E-state index in [0.29, 0.717) is 6.17 Å². The zero-order valence-electron chi connectivity index (χ0n) is 20.7. The second-order valence-corrected chi connectivity index (χ2v) is 9.56. The third-order valence-corrected chi connectivity index (χ3v) is 6.76. The first kappa shape index (κ1) is 25.8. The van der Waals surface area contributed by atoms with E-state index in [0.717, 1.165) is 6.54 Å². The van der Waals surface area contributed by atoms with Crippen molar-refractivity contribution in [3.05, 3.63) is 48.3 Å². The van der Waals surface area contributed by atoms with Crippen molar-refractivity contribution in [2.24, 2.45) is 0 Å². The van der Waals surface area contributed by atoms with Crippen LogP contribution in [0.4, 0.5) is 0 Å². The average molecular weight is 427 g/mol. The van der Waals surface area contributed by atoms with Gasteiger partial charge in [0.25, 0.3) is 0 Å². The highest BCUT2D eigenvalue weighted by atomic mass is 15.4. The Bertz CT molecular complexity index is 553. The van der Waals surface area contributed by atoms with Crippen molar-refractivity contribution >= 4 is 0 Å². The Hall–Kier alpha value is -1.44. The van der Waals surface area contributed by atoms with Crippen LogP contribution >= 0.6 is 0 Å². The van der Waals surface area contributed by atoms with Gasteiger partial charge in [-0.3, -0.25) is 0 Å². The Morgan fingerprint density at radius 1 is 0.581 bits per heavy atom. The van der Waals surface area contributed by atoms with Crippen LogP contribution in [0.1, 0.15) is 122 Å². The largest absolute Gasteiger partial charge is 0.356 e. The van der Waals surface area contributed by atoms with E-state index in [2.05, 4.69) is 66.4 Å². The zero-order valence-corrected chi connectivity index (χ0v) is 20.7. The first-order valence-electron chi connectivity index (χ1n) is 13.6. The van der Waals surface area contributed by atoms with Gasteiger partial charge in [-0.25, -0.2) is 0 Å². The molecule has 1 aliphatic heterocycles. The highest BCUT2D eigenvalue weighted by Crippen LogP contribution is 2.24. The maximum absolute atomic E-state index is 2.61. The fourth-order valence-corrected chi connectivity index (χ4v) is 4.78. The summed E-state index contributed by atoms with van der Waals surface area (Å²) < 4.78 is 0. The minimum atomic E-state index is 0.556. The van der Waals surface area contributed by atoms with Crippen LogP contribution in [0.5, 0.6) is 0 Å². The van der Waals surface area contributed by atoms with Crippen LogP contribution in [0.25, 0.3) is 0 Å². The molecule has 2 heteroatoms. The van der Waals surface area contributed by atoms with Crippen LogP contribution in [0.3, 0.4) is 0 Å². The van der Waals surface area contributed by atoms with E-state index in [-0.39, 0.29) is 0 Å². The van der Waals surface area contributed by atoms with E-state index in [1.165, 1.54) is 115 Å². The molecule has 0 aromatic heterocycles. The third-order valence-electron chi connectivity index (χ3n) is 6.76. The van der Waals surface area contributed by atoms with Gasteiger partial charge in [0.15, 0.2) is 0 Å². The Kier molecular flexibility index (Phi) is 14.3. The van der Waals surface area contributed by atoms with E-state index in [4.69, 9.17) is 0 Å². The van der Waals surface area contributed by atoms with Crippen molar-refractivity contribution in [2.75, 3.05) is 6.54 Å². The Morgan fingerprint density at radius 3 is 1.71 bits per heavy atom. The van der Waals surface area contributed by atoms with Crippen molar-refractivity contribution < 1.29 is 0 Å². The Balaban J connectivity index is 1.62. The van der Waals surface area contributed by atoms with E-state index in [9.17, 15) is 0 Å². The topological polar surface area (TPSA) is 6.48 Å². The Morgan fingerprint density at radius 2 is 1.10 bits per heavy atom. The fraction of sp³-hybridized carbons (Fsp3) is 0.724. The average Bonchev–Trinajstić information content (AvgIpc) is 3.16. The highest BCUT2D eigenvalue weighted by Gasteiger charge is 2.25. The lowest BCUT2D eigenvalue weighted by Gasteiger charge is -2.33. The smallest absolute Gasteiger partial charge is 0.101 e. The lowest BCUT2D eigenvalue weighted by molar-refractivity contribution is 0.132. The molecule has 1 aromatic carbocycles. The van der Waals surface area contributed by atoms with Gasteiger partial charge in [-0.05, 0) is 24.8 Å². The molecule has 0 saturated carbocycles. The van der Waals surface area contributed by atoms with Gasteiger partial charge in [-0.15, -0.1) is 0 Å². The SMILES string of the molecule is CCCCCCCCCCCCCCC1N(CCCCC)C=CN1Cc1ccccc1. The van der Waals surface area contributed by atoms with Gasteiger partial charge >= 0.3 is 0 Å². The van der Waals surface area contributed by atoms with Crippen molar-refractivity contribution in [1.29, 1.82) is 0 Å². The summed E-state index contributed by atoms with van der Waals surface area (Å²) in [7, 11) is 0. The molecular formula is C29H50N2. The van der Waals surface area contributed by atoms with Gasteiger partial charge in [0.1, 0.15) is 6.17 Å². The van der Waals surface area contributed by atoms with Crippen LogP contribution in [0.15, 0.2) is 42.7 Å². The second kappa shape index (κ2) is 17.2. The highest BCUT2D eigenvalue weighted by molar-refractivity contribution is 5.15. The summed E-state index contributed by atoms with van der Waals surface area (Å²) in [5, 5.41) is 0. The van der Waals surface area contributed by atoms with Crippen LogP contribution in [0.2, 0.25) is 0 Å². The molecule has 176 valence electrons. The molecule has 2 rings (SSSR count). The molecule has 1 aromatic rings. The predicted molar refractivity (Wildman–Crippen MR) is 137 cm³/mol. The summed E-state index contributed by atoms with van der Waals surface area (Å²) in [5.41, 5.74) is 1.42. The monoisotopic (exact) mass is 426 g/mol. The normalized spacial score (nSPS) is 15.9. The molecule has 1 aliphatic rings. The van der Waals surface area contributed by atoms with E-state index in [1.54, 1.807) is 0 Å². The molecule has 0 radical (unpaired) electrons. The standard InChI is InChI=1S/C29H50N2/c1-3-5-7-8-9-10-11-12-13-14-15-19-23-29-30(24-20-6-4-2)25-26-31(29)27-28-21-17-16-18-22-28/h16-18,21-22,25-26,29H,3-15,19-20,23-24,27H2,1-2H3. The number of hydrogen-bond acceptors (Lipinski definition) is 2. The maximum Gasteiger partial charge on any atom is 0.101 e. The zero-order chi connectivity index (χ0) is 22.0. The predicted octanol–water partition coefficient (Wildman–Crippen LogP) is 8.88. The van der Waals surface area contributed by atoms with E-state index < -0.39 is 0 Å². The van der Waals surface area contributed by atoms with Crippen molar-refractivity contribution in [1.82, 2.24) is 9.80 Å².